The molecule has 0 aliphatic carbocycles. The SMILES string of the molecule is Cc1ccc2nc(-c3ccc(NC(=O)CN4CCCN(CC(=O)NC(C)C)CC4)cc3)sc2c1. The van der Waals surface area contributed by atoms with Crippen LogP contribution in [0.3, 0.4) is 0 Å². The van der Waals surface area contributed by atoms with Gasteiger partial charge >= 0.3 is 0 Å². The molecular weight excluding hydrogens is 446 g/mol. The van der Waals surface area contributed by atoms with E-state index in [0.717, 1.165) is 54.4 Å². The molecule has 1 aromatic heterocycles. The molecular formula is C26H33N5O2S. The fourth-order valence-electron chi connectivity index (χ4n) is 4.17. The number of carbonyl (C=O) groups excluding carboxylic acids is 2. The van der Waals surface area contributed by atoms with Gasteiger partial charge in [-0.05, 0) is 82.2 Å². The van der Waals surface area contributed by atoms with E-state index in [4.69, 9.17) is 4.98 Å². The summed E-state index contributed by atoms with van der Waals surface area (Å²) in [5, 5.41) is 6.94. The monoisotopic (exact) mass is 479 g/mol. The summed E-state index contributed by atoms with van der Waals surface area (Å²) in [6.07, 6.45) is 0.943. The molecule has 1 saturated heterocycles. The molecule has 180 valence electrons. The molecule has 0 bridgehead atoms. The van der Waals surface area contributed by atoms with E-state index in [-0.39, 0.29) is 17.9 Å². The average molecular weight is 480 g/mol. The van der Waals surface area contributed by atoms with Gasteiger partial charge in [0.05, 0.1) is 23.3 Å². The lowest BCUT2D eigenvalue weighted by Crippen LogP contribution is -2.42. The van der Waals surface area contributed by atoms with Crippen LogP contribution in [0.2, 0.25) is 0 Å². The standard InChI is InChI=1S/C26H33N5O2S/c1-18(2)27-24(32)16-30-11-4-12-31(14-13-30)17-25(33)28-21-8-6-20(7-9-21)26-29-22-10-5-19(3)15-23(22)34-26/h5-10,15,18H,4,11-14,16-17H2,1-3H3,(H,27,32)(H,28,33). The molecule has 1 aliphatic rings. The predicted molar refractivity (Wildman–Crippen MR) is 139 cm³/mol. The molecule has 8 heteroatoms. The minimum Gasteiger partial charge on any atom is -0.353 e. The first-order valence-corrected chi connectivity index (χ1v) is 12.7. The van der Waals surface area contributed by atoms with Crippen LogP contribution < -0.4 is 10.6 Å². The summed E-state index contributed by atoms with van der Waals surface area (Å²) in [5.74, 6) is 0.0415. The van der Waals surface area contributed by atoms with Crippen molar-refractivity contribution in [3.8, 4) is 10.6 Å². The molecule has 2 aromatic carbocycles. The lowest BCUT2D eigenvalue weighted by atomic mass is 10.2. The van der Waals surface area contributed by atoms with Crippen LogP contribution >= 0.6 is 11.3 Å². The van der Waals surface area contributed by atoms with E-state index in [1.807, 2.05) is 38.1 Å². The number of rotatable bonds is 7. The van der Waals surface area contributed by atoms with E-state index in [1.54, 1.807) is 11.3 Å². The first-order chi connectivity index (χ1) is 16.4. The van der Waals surface area contributed by atoms with E-state index in [2.05, 4.69) is 45.6 Å². The zero-order valence-electron chi connectivity index (χ0n) is 20.1. The Morgan fingerprint density at radius 1 is 0.971 bits per heavy atom. The number of aromatic nitrogens is 1. The number of carbonyl (C=O) groups is 2. The second kappa shape index (κ2) is 11.1. The van der Waals surface area contributed by atoms with Gasteiger partial charge < -0.3 is 10.6 Å². The maximum atomic E-state index is 12.6. The summed E-state index contributed by atoms with van der Waals surface area (Å²) in [6.45, 7) is 10.1. The topological polar surface area (TPSA) is 77.6 Å². The summed E-state index contributed by atoms with van der Waals surface area (Å²) >= 11 is 1.68. The van der Waals surface area contributed by atoms with Crippen molar-refractivity contribution >= 4 is 39.1 Å². The molecule has 0 spiro atoms. The molecule has 2 N–H and O–H groups in total. The van der Waals surface area contributed by atoms with Crippen molar-refractivity contribution in [3.63, 3.8) is 0 Å². The van der Waals surface area contributed by atoms with Gasteiger partial charge in [0.2, 0.25) is 11.8 Å². The molecule has 2 heterocycles. The van der Waals surface area contributed by atoms with Gasteiger partial charge in [0.1, 0.15) is 5.01 Å². The smallest absolute Gasteiger partial charge is 0.238 e. The molecule has 7 nitrogen and oxygen atoms in total. The van der Waals surface area contributed by atoms with Gasteiger partial charge in [0.15, 0.2) is 0 Å². The van der Waals surface area contributed by atoms with Crippen molar-refractivity contribution in [2.75, 3.05) is 44.6 Å². The third-order valence-corrected chi connectivity index (χ3v) is 6.89. The molecule has 34 heavy (non-hydrogen) atoms. The number of benzene rings is 2. The minimum absolute atomic E-state index is 0.0192. The van der Waals surface area contributed by atoms with E-state index in [0.29, 0.717) is 13.1 Å². The van der Waals surface area contributed by atoms with Crippen molar-refractivity contribution in [1.82, 2.24) is 20.1 Å². The Morgan fingerprint density at radius 2 is 1.65 bits per heavy atom. The van der Waals surface area contributed by atoms with Gasteiger partial charge in [-0.3, -0.25) is 19.4 Å². The minimum atomic E-state index is -0.0192. The fraction of sp³-hybridized carbons (Fsp3) is 0.423. The second-order valence-corrected chi connectivity index (χ2v) is 10.3. The molecule has 0 unspecified atom stereocenters. The van der Waals surface area contributed by atoms with Crippen molar-refractivity contribution in [2.45, 2.75) is 33.2 Å². The Morgan fingerprint density at radius 3 is 2.32 bits per heavy atom. The number of fused-ring (bicyclic) bond motifs is 1. The van der Waals surface area contributed by atoms with Crippen LogP contribution in [0.1, 0.15) is 25.8 Å². The number of nitrogens with one attached hydrogen (secondary N) is 2. The van der Waals surface area contributed by atoms with Crippen LogP contribution in [-0.2, 0) is 9.59 Å². The number of hydrogen-bond acceptors (Lipinski definition) is 6. The summed E-state index contributed by atoms with van der Waals surface area (Å²) in [7, 11) is 0. The lowest BCUT2D eigenvalue weighted by Gasteiger charge is -2.21. The van der Waals surface area contributed by atoms with Crippen molar-refractivity contribution < 1.29 is 9.59 Å². The highest BCUT2D eigenvalue weighted by atomic mass is 32.1. The number of hydrogen-bond donors (Lipinski definition) is 2. The van der Waals surface area contributed by atoms with Gasteiger partial charge in [0.25, 0.3) is 0 Å². The molecule has 0 radical (unpaired) electrons. The number of aryl methyl sites for hydroxylation is 1. The Labute approximate surface area is 205 Å². The number of amides is 2. The largest absolute Gasteiger partial charge is 0.353 e. The van der Waals surface area contributed by atoms with E-state index >= 15 is 0 Å². The lowest BCUT2D eigenvalue weighted by molar-refractivity contribution is -0.123. The Kier molecular flexibility index (Phi) is 7.92. The van der Waals surface area contributed by atoms with E-state index < -0.39 is 0 Å². The summed E-state index contributed by atoms with van der Waals surface area (Å²) in [6, 6.07) is 14.3. The molecule has 4 rings (SSSR count). The maximum absolute atomic E-state index is 12.6. The Balaban J connectivity index is 1.28. The van der Waals surface area contributed by atoms with Gasteiger partial charge in [-0.15, -0.1) is 11.3 Å². The predicted octanol–water partition coefficient (Wildman–Crippen LogP) is 3.74. The van der Waals surface area contributed by atoms with Gasteiger partial charge in [-0.2, -0.15) is 0 Å². The number of thiazole rings is 1. The highest BCUT2D eigenvalue weighted by Crippen LogP contribution is 2.31. The molecule has 1 fully saturated rings. The summed E-state index contributed by atoms with van der Waals surface area (Å²) in [5.41, 5.74) is 4.08. The quantitative estimate of drug-likeness (QED) is 0.540. The first kappa shape index (κ1) is 24.3. The maximum Gasteiger partial charge on any atom is 0.238 e. The zero-order chi connectivity index (χ0) is 24.1. The third kappa shape index (κ3) is 6.62. The van der Waals surface area contributed by atoms with Crippen LogP contribution in [0.5, 0.6) is 0 Å². The Hall–Kier alpha value is -2.81. The molecule has 3 aromatic rings. The first-order valence-electron chi connectivity index (χ1n) is 11.9. The Bertz CT molecular complexity index is 1140. The van der Waals surface area contributed by atoms with Crippen LogP contribution in [0.4, 0.5) is 5.69 Å². The normalized spacial score (nSPS) is 15.4. The van der Waals surface area contributed by atoms with Crippen LogP contribution in [0, 0.1) is 6.92 Å². The van der Waals surface area contributed by atoms with Gasteiger partial charge in [-0.25, -0.2) is 4.98 Å². The summed E-state index contributed by atoms with van der Waals surface area (Å²) < 4.78 is 1.18. The van der Waals surface area contributed by atoms with Gasteiger partial charge in [0, 0.05) is 30.4 Å². The third-order valence-electron chi connectivity index (χ3n) is 5.82. The number of nitrogens with zero attached hydrogens (tertiary/aromatic N) is 3. The zero-order valence-corrected chi connectivity index (χ0v) is 21.0. The van der Waals surface area contributed by atoms with Gasteiger partial charge in [-0.1, -0.05) is 6.07 Å². The summed E-state index contributed by atoms with van der Waals surface area (Å²) in [4.78, 5) is 33.7. The highest BCUT2D eigenvalue weighted by Gasteiger charge is 2.19. The molecule has 2 amide bonds. The average Bonchev–Trinajstić information content (AvgIpc) is 3.08. The number of anilines is 1. The van der Waals surface area contributed by atoms with Crippen LogP contribution in [-0.4, -0.2) is 71.9 Å². The highest BCUT2D eigenvalue weighted by molar-refractivity contribution is 7.21. The van der Waals surface area contributed by atoms with Crippen molar-refractivity contribution in [1.29, 1.82) is 0 Å². The molecule has 1 aliphatic heterocycles. The van der Waals surface area contributed by atoms with Crippen LogP contribution in [0.15, 0.2) is 42.5 Å². The molecule has 0 atom stereocenters. The van der Waals surface area contributed by atoms with E-state index in [9.17, 15) is 9.59 Å². The van der Waals surface area contributed by atoms with Crippen molar-refractivity contribution in [2.24, 2.45) is 0 Å². The van der Waals surface area contributed by atoms with Crippen molar-refractivity contribution in [3.05, 3.63) is 48.0 Å². The molecule has 0 saturated carbocycles. The second-order valence-electron chi connectivity index (χ2n) is 9.24. The van der Waals surface area contributed by atoms with E-state index in [1.165, 1.54) is 10.3 Å². The fourth-order valence-corrected chi connectivity index (χ4v) is 5.24. The van der Waals surface area contributed by atoms with Crippen LogP contribution in [0.25, 0.3) is 20.8 Å².